The fraction of sp³-hybridized carbons (Fsp3) is 0.391. The van der Waals surface area contributed by atoms with Crippen LogP contribution in [0.25, 0.3) is 11.3 Å². The molecule has 0 saturated heterocycles. The molecule has 160 valence electrons. The molecule has 0 radical (unpaired) electrons. The van der Waals surface area contributed by atoms with Crippen LogP contribution in [0.3, 0.4) is 0 Å². The summed E-state index contributed by atoms with van der Waals surface area (Å²) in [7, 11) is 0. The molecule has 0 aliphatic heterocycles. The van der Waals surface area contributed by atoms with Crippen molar-refractivity contribution in [2.24, 2.45) is 0 Å². The van der Waals surface area contributed by atoms with E-state index in [9.17, 15) is 14.0 Å². The van der Waals surface area contributed by atoms with E-state index in [0.29, 0.717) is 17.0 Å². The topological polar surface area (TPSA) is 69.8 Å². The third-order valence-electron chi connectivity index (χ3n) is 4.82. The normalized spacial score (nSPS) is 13.4. The van der Waals surface area contributed by atoms with Crippen molar-refractivity contribution in [1.82, 2.24) is 19.3 Å². The fourth-order valence-corrected chi connectivity index (χ4v) is 2.91. The molecule has 6 nitrogen and oxygen atoms in total. The monoisotopic (exact) mass is 412 g/mol. The highest BCUT2D eigenvalue weighted by atomic mass is 19.1. The lowest BCUT2D eigenvalue weighted by atomic mass is 10.1. The number of benzene rings is 1. The Morgan fingerprint density at radius 1 is 0.933 bits per heavy atom. The minimum absolute atomic E-state index is 0.135. The average Bonchev–Trinajstić information content (AvgIpc) is 3.53. The van der Waals surface area contributed by atoms with Gasteiger partial charge >= 0.3 is 11.1 Å². The number of rotatable bonds is 4. The summed E-state index contributed by atoms with van der Waals surface area (Å²) in [5.74, 6) is -0.372. The Bertz CT molecular complexity index is 1080. The van der Waals surface area contributed by atoms with Gasteiger partial charge < -0.3 is 9.13 Å². The van der Waals surface area contributed by atoms with Gasteiger partial charge in [-0.2, -0.15) is 10.2 Å². The highest BCUT2D eigenvalue weighted by Crippen LogP contribution is 2.41. The highest BCUT2D eigenvalue weighted by Gasteiger charge is 2.40. The predicted octanol–water partition coefficient (Wildman–Crippen LogP) is 4.22. The minimum atomic E-state index is -0.583. The average molecular weight is 413 g/mol. The zero-order valence-corrected chi connectivity index (χ0v) is 18.2. The van der Waals surface area contributed by atoms with Crippen molar-refractivity contribution < 1.29 is 4.39 Å². The van der Waals surface area contributed by atoms with Crippen LogP contribution in [0.5, 0.6) is 0 Å². The number of hydrogen-bond donors (Lipinski definition) is 0. The molecule has 3 aromatic rings. The maximum Gasteiger partial charge on any atom is 0.316 e. The Hall–Kier alpha value is -3.09. The zero-order valence-electron chi connectivity index (χ0n) is 18.2. The van der Waals surface area contributed by atoms with E-state index in [1.54, 1.807) is 42.7 Å². The van der Waals surface area contributed by atoms with Gasteiger partial charge in [0.05, 0.1) is 17.9 Å². The van der Waals surface area contributed by atoms with Gasteiger partial charge in [0.1, 0.15) is 5.82 Å². The fourth-order valence-electron chi connectivity index (χ4n) is 2.91. The molecular weight excluding hydrogens is 383 g/mol. The second-order valence-corrected chi connectivity index (χ2v) is 6.79. The summed E-state index contributed by atoms with van der Waals surface area (Å²) in [6, 6.07) is 9.65. The molecule has 1 aromatic carbocycles. The lowest BCUT2D eigenvalue weighted by molar-refractivity contribution is 0.495. The lowest BCUT2D eigenvalue weighted by Crippen LogP contribution is -2.43. The van der Waals surface area contributed by atoms with Gasteiger partial charge in [-0.25, -0.2) is 4.39 Å². The molecule has 0 unspecified atom stereocenters. The van der Waals surface area contributed by atoms with Crippen molar-refractivity contribution in [1.29, 1.82) is 0 Å². The first-order valence-electron chi connectivity index (χ1n) is 10.4. The molecule has 2 heterocycles. The Morgan fingerprint density at radius 2 is 1.60 bits per heavy atom. The molecule has 1 fully saturated rings. The van der Waals surface area contributed by atoms with Crippen LogP contribution in [0.1, 0.15) is 53.2 Å². The van der Waals surface area contributed by atoms with Crippen LogP contribution in [0.4, 0.5) is 4.39 Å². The van der Waals surface area contributed by atoms with E-state index in [1.165, 1.54) is 15.2 Å². The van der Waals surface area contributed by atoms with Crippen LogP contribution >= 0.6 is 0 Å². The van der Waals surface area contributed by atoms with Gasteiger partial charge in [0.15, 0.2) is 0 Å². The molecule has 1 aliphatic rings. The maximum absolute atomic E-state index is 13.8. The lowest BCUT2D eigenvalue weighted by Gasteiger charge is -2.13. The van der Waals surface area contributed by atoms with Crippen LogP contribution < -0.4 is 11.1 Å². The summed E-state index contributed by atoms with van der Waals surface area (Å²) in [5, 5.41) is 8.10. The largest absolute Gasteiger partial charge is 0.316 e. The summed E-state index contributed by atoms with van der Waals surface area (Å²) < 4.78 is 16.6. The molecule has 30 heavy (non-hydrogen) atoms. The number of hydrogen-bond acceptors (Lipinski definition) is 4. The van der Waals surface area contributed by atoms with Crippen molar-refractivity contribution in [2.45, 2.75) is 59.5 Å². The zero-order chi connectivity index (χ0) is 22.3. The van der Waals surface area contributed by atoms with Gasteiger partial charge in [0.2, 0.25) is 0 Å². The molecule has 0 amide bonds. The summed E-state index contributed by atoms with van der Waals surface area (Å²) in [5.41, 5.74) is -0.0393. The Balaban J connectivity index is 0.000000757. The Labute approximate surface area is 176 Å². The van der Waals surface area contributed by atoms with Crippen LogP contribution in [0.2, 0.25) is 0 Å². The molecule has 0 bridgehead atoms. The molecule has 0 N–H and O–H groups in total. The van der Waals surface area contributed by atoms with Gasteiger partial charge in [0, 0.05) is 23.5 Å². The molecule has 4 rings (SSSR count). The van der Waals surface area contributed by atoms with Crippen LogP contribution in [-0.2, 0) is 12.1 Å². The van der Waals surface area contributed by atoms with Crippen molar-refractivity contribution in [3.8, 4) is 11.3 Å². The van der Waals surface area contributed by atoms with E-state index in [4.69, 9.17) is 0 Å². The van der Waals surface area contributed by atoms with Gasteiger partial charge in [0.25, 0.3) is 0 Å². The second kappa shape index (κ2) is 10.1. The molecule has 7 heteroatoms. The van der Waals surface area contributed by atoms with Gasteiger partial charge in [-0.05, 0) is 44.0 Å². The van der Waals surface area contributed by atoms with Crippen LogP contribution in [-0.4, -0.2) is 19.3 Å². The third kappa shape index (κ3) is 4.90. The summed E-state index contributed by atoms with van der Waals surface area (Å²) >= 11 is 0. The maximum atomic E-state index is 13.8. The quantitative estimate of drug-likeness (QED) is 0.602. The van der Waals surface area contributed by atoms with Crippen molar-refractivity contribution in [2.75, 3.05) is 0 Å². The molecule has 0 spiro atoms. The van der Waals surface area contributed by atoms with E-state index in [1.807, 2.05) is 34.6 Å². The predicted molar refractivity (Wildman–Crippen MR) is 117 cm³/mol. The third-order valence-corrected chi connectivity index (χ3v) is 4.82. The Kier molecular flexibility index (Phi) is 7.80. The molecule has 0 atom stereocenters. The first-order valence-corrected chi connectivity index (χ1v) is 10.4. The first kappa shape index (κ1) is 23.2. The molecule has 1 aliphatic carbocycles. The van der Waals surface area contributed by atoms with E-state index in [0.717, 1.165) is 12.8 Å². The second-order valence-electron chi connectivity index (χ2n) is 6.79. The van der Waals surface area contributed by atoms with Gasteiger partial charge in [-0.15, -0.1) is 0 Å². The first-order chi connectivity index (χ1) is 14.5. The van der Waals surface area contributed by atoms with Crippen molar-refractivity contribution in [3.05, 3.63) is 81.0 Å². The van der Waals surface area contributed by atoms with Gasteiger partial charge in [-0.1, -0.05) is 39.8 Å². The van der Waals surface area contributed by atoms with Crippen molar-refractivity contribution in [3.63, 3.8) is 0 Å². The van der Waals surface area contributed by atoms with Crippen LogP contribution in [0.15, 0.2) is 58.4 Å². The van der Waals surface area contributed by atoms with Gasteiger partial charge in [-0.3, -0.25) is 9.59 Å². The SMILES string of the molecule is CC.CC.CC1(n2ccn(Cc3ccc(-c4ccccc4F)nn3)c(=O)c2=O)CC1. The summed E-state index contributed by atoms with van der Waals surface area (Å²) in [4.78, 5) is 24.6. The minimum Gasteiger partial charge on any atom is -0.304 e. The van der Waals surface area contributed by atoms with E-state index >= 15 is 0 Å². The standard InChI is InChI=1S/C19H17FN4O2.2C2H6/c1-19(8-9-19)24-11-10-23(17(25)18(24)26)12-13-6-7-16(22-21-13)14-4-2-3-5-15(14)20;2*1-2/h2-7,10-11H,8-9,12H2,1H3;2*1-2H3. The molecule has 2 aromatic heterocycles. The van der Waals surface area contributed by atoms with E-state index in [-0.39, 0.29) is 17.9 Å². The number of aromatic nitrogens is 4. The smallest absolute Gasteiger partial charge is 0.304 e. The van der Waals surface area contributed by atoms with Crippen molar-refractivity contribution >= 4 is 0 Å². The van der Waals surface area contributed by atoms with E-state index < -0.39 is 11.1 Å². The summed E-state index contributed by atoms with van der Waals surface area (Å²) in [6.45, 7) is 10.1. The molecular formula is C23H29FN4O2. The highest BCUT2D eigenvalue weighted by molar-refractivity contribution is 5.58. The number of nitrogens with zero attached hydrogens (tertiary/aromatic N) is 4. The Morgan fingerprint density at radius 3 is 2.17 bits per heavy atom. The van der Waals surface area contributed by atoms with Crippen LogP contribution in [0, 0.1) is 5.82 Å². The van der Waals surface area contributed by atoms with E-state index in [2.05, 4.69) is 10.2 Å². The number of halogens is 1. The summed E-state index contributed by atoms with van der Waals surface area (Å²) in [6.07, 6.45) is 5.05. The molecule has 1 saturated carbocycles.